The Hall–Kier alpha value is -1.66. The molecular weight excluding hydrogens is 314 g/mol. The molecular formula is C13H12BrNO4. The number of esters is 1. The number of fused-ring (bicyclic) bond motifs is 1. The summed E-state index contributed by atoms with van der Waals surface area (Å²) in [7, 11) is 2.69. The summed E-state index contributed by atoms with van der Waals surface area (Å²) >= 11 is 3.30. The molecule has 0 aliphatic carbocycles. The second kappa shape index (κ2) is 4.47. The van der Waals surface area contributed by atoms with Crippen molar-refractivity contribution in [3.8, 4) is 0 Å². The highest BCUT2D eigenvalue weighted by Crippen LogP contribution is 2.44. The predicted molar refractivity (Wildman–Crippen MR) is 72.6 cm³/mol. The van der Waals surface area contributed by atoms with Crippen LogP contribution in [0.3, 0.4) is 0 Å². The molecule has 100 valence electrons. The fourth-order valence-electron chi connectivity index (χ4n) is 2.12. The number of aliphatic hydroxyl groups is 1. The van der Waals surface area contributed by atoms with Crippen LogP contribution in [0, 0.1) is 0 Å². The number of benzene rings is 1. The first-order valence-electron chi connectivity index (χ1n) is 5.42. The normalized spacial score (nSPS) is 21.3. The Kier molecular flexibility index (Phi) is 3.24. The molecule has 0 radical (unpaired) electrons. The van der Waals surface area contributed by atoms with Crippen molar-refractivity contribution >= 4 is 33.5 Å². The number of carbonyl (C=O) groups is 2. The minimum absolute atomic E-state index is 0.298. The highest BCUT2D eigenvalue weighted by molar-refractivity contribution is 9.10. The first kappa shape index (κ1) is 13.8. The number of likely N-dealkylation sites (N-methyl/N-ethyl adjacent to an activating group) is 1. The molecule has 1 heterocycles. The zero-order valence-corrected chi connectivity index (χ0v) is 12.0. The third-order valence-corrected chi connectivity index (χ3v) is 3.69. The van der Waals surface area contributed by atoms with Gasteiger partial charge in [-0.2, -0.15) is 0 Å². The van der Waals surface area contributed by atoms with Crippen molar-refractivity contribution in [2.45, 2.75) is 5.60 Å². The Morgan fingerprint density at radius 1 is 1.53 bits per heavy atom. The summed E-state index contributed by atoms with van der Waals surface area (Å²) in [6, 6.07) is 4.95. The van der Waals surface area contributed by atoms with Gasteiger partial charge in [0.1, 0.15) is 0 Å². The lowest BCUT2D eigenvalue weighted by Gasteiger charge is -2.22. The molecule has 1 aromatic carbocycles. The van der Waals surface area contributed by atoms with Crippen LogP contribution in [-0.4, -0.2) is 31.1 Å². The van der Waals surface area contributed by atoms with E-state index in [2.05, 4.69) is 27.2 Å². The van der Waals surface area contributed by atoms with E-state index in [9.17, 15) is 14.7 Å². The Morgan fingerprint density at radius 3 is 2.74 bits per heavy atom. The number of carbonyl (C=O) groups excluding carboxylic acids is 2. The number of methoxy groups -OCH3 is 1. The summed E-state index contributed by atoms with van der Waals surface area (Å²) in [5, 5.41) is 10.6. The van der Waals surface area contributed by atoms with E-state index in [0.29, 0.717) is 11.3 Å². The van der Waals surface area contributed by atoms with E-state index in [1.807, 2.05) is 0 Å². The molecule has 0 saturated carbocycles. The number of hydrogen-bond donors (Lipinski definition) is 1. The number of amides is 1. The minimum atomic E-state index is -2.07. The van der Waals surface area contributed by atoms with E-state index >= 15 is 0 Å². The molecule has 6 heteroatoms. The van der Waals surface area contributed by atoms with Gasteiger partial charge < -0.3 is 14.7 Å². The number of nitrogens with zero attached hydrogens (tertiary/aromatic N) is 1. The van der Waals surface area contributed by atoms with Crippen molar-refractivity contribution in [1.29, 1.82) is 0 Å². The summed E-state index contributed by atoms with van der Waals surface area (Å²) in [5.41, 5.74) is -1.53. The van der Waals surface area contributed by atoms with Crippen LogP contribution in [0.2, 0.25) is 0 Å². The average molecular weight is 326 g/mol. The molecule has 1 N–H and O–H groups in total. The molecule has 0 spiro atoms. The summed E-state index contributed by atoms with van der Waals surface area (Å²) < 4.78 is 5.30. The lowest BCUT2D eigenvalue weighted by Crippen LogP contribution is -2.42. The van der Waals surface area contributed by atoms with Gasteiger partial charge in [0.05, 0.1) is 18.4 Å². The fourth-order valence-corrected chi connectivity index (χ4v) is 2.47. The van der Waals surface area contributed by atoms with E-state index in [-0.39, 0.29) is 5.57 Å². The topological polar surface area (TPSA) is 66.8 Å². The Labute approximate surface area is 118 Å². The molecule has 1 aliphatic rings. The number of ether oxygens (including phenoxy) is 1. The minimum Gasteiger partial charge on any atom is -0.466 e. The second-order valence-corrected chi connectivity index (χ2v) is 5.12. The average Bonchev–Trinajstić information content (AvgIpc) is 2.60. The van der Waals surface area contributed by atoms with E-state index in [4.69, 9.17) is 0 Å². The highest BCUT2D eigenvalue weighted by Gasteiger charge is 2.52. The van der Waals surface area contributed by atoms with Gasteiger partial charge in [0.25, 0.3) is 5.91 Å². The predicted octanol–water partition coefficient (Wildman–Crippen LogP) is 1.34. The number of hydrogen-bond acceptors (Lipinski definition) is 4. The van der Waals surface area contributed by atoms with Crippen molar-refractivity contribution in [3.63, 3.8) is 0 Å². The van der Waals surface area contributed by atoms with Crippen molar-refractivity contribution in [3.05, 3.63) is 40.4 Å². The second-order valence-electron chi connectivity index (χ2n) is 4.21. The highest BCUT2D eigenvalue weighted by atomic mass is 79.9. The molecule has 2 rings (SSSR count). The Bertz CT molecular complexity index is 598. The molecule has 0 fully saturated rings. The maximum absolute atomic E-state index is 12.2. The van der Waals surface area contributed by atoms with Crippen LogP contribution in [-0.2, 0) is 19.9 Å². The van der Waals surface area contributed by atoms with E-state index < -0.39 is 17.5 Å². The van der Waals surface area contributed by atoms with Crippen LogP contribution in [0.4, 0.5) is 5.69 Å². The first-order valence-corrected chi connectivity index (χ1v) is 6.21. The maximum Gasteiger partial charge on any atom is 0.336 e. The lowest BCUT2D eigenvalue weighted by molar-refractivity contribution is -0.144. The Morgan fingerprint density at radius 2 is 2.16 bits per heavy atom. The van der Waals surface area contributed by atoms with Crippen LogP contribution in [0.1, 0.15) is 5.56 Å². The van der Waals surface area contributed by atoms with Crippen LogP contribution >= 0.6 is 15.9 Å². The van der Waals surface area contributed by atoms with Crippen LogP contribution in [0.25, 0.3) is 0 Å². The largest absolute Gasteiger partial charge is 0.466 e. The zero-order valence-electron chi connectivity index (χ0n) is 10.4. The van der Waals surface area contributed by atoms with E-state index in [0.717, 1.165) is 4.47 Å². The van der Waals surface area contributed by atoms with Gasteiger partial charge in [-0.1, -0.05) is 28.6 Å². The Balaban J connectivity index is 2.63. The number of halogens is 1. The van der Waals surface area contributed by atoms with Crippen LogP contribution in [0.15, 0.2) is 34.8 Å². The molecule has 1 amide bonds. The molecule has 0 unspecified atom stereocenters. The van der Waals surface area contributed by atoms with Crippen molar-refractivity contribution in [1.82, 2.24) is 0 Å². The molecule has 1 aromatic rings. The van der Waals surface area contributed by atoms with Gasteiger partial charge in [-0.05, 0) is 12.1 Å². The van der Waals surface area contributed by atoms with Crippen LogP contribution in [0.5, 0.6) is 0 Å². The monoisotopic (exact) mass is 325 g/mol. The van der Waals surface area contributed by atoms with E-state index in [1.54, 1.807) is 18.2 Å². The summed E-state index contributed by atoms with van der Waals surface area (Å²) in [6.45, 7) is 3.50. The molecule has 0 bridgehead atoms. The molecule has 5 nitrogen and oxygen atoms in total. The molecule has 1 aliphatic heterocycles. The molecule has 0 saturated heterocycles. The van der Waals surface area contributed by atoms with E-state index in [1.165, 1.54) is 19.1 Å². The van der Waals surface area contributed by atoms with Gasteiger partial charge in [0.2, 0.25) is 5.60 Å². The molecule has 19 heavy (non-hydrogen) atoms. The lowest BCUT2D eigenvalue weighted by atomic mass is 9.88. The van der Waals surface area contributed by atoms with Crippen molar-refractivity contribution < 1.29 is 19.4 Å². The standard InChI is InChI=1S/C13H12BrNO4/c1-7(11(16)19-3)13(18)9-5-4-8(14)6-10(9)15(2)12(13)17/h4-6,18H,1H2,2-3H3/t13-/m0/s1. The smallest absolute Gasteiger partial charge is 0.336 e. The van der Waals surface area contributed by atoms with Gasteiger partial charge >= 0.3 is 5.97 Å². The van der Waals surface area contributed by atoms with Gasteiger partial charge in [0, 0.05) is 17.1 Å². The maximum atomic E-state index is 12.2. The third kappa shape index (κ3) is 1.79. The van der Waals surface area contributed by atoms with Gasteiger partial charge in [-0.25, -0.2) is 4.79 Å². The number of anilines is 1. The quantitative estimate of drug-likeness (QED) is 0.658. The summed E-state index contributed by atoms with van der Waals surface area (Å²) in [4.78, 5) is 25.1. The zero-order chi connectivity index (χ0) is 14.4. The van der Waals surface area contributed by atoms with Gasteiger partial charge in [-0.15, -0.1) is 0 Å². The molecule has 0 aromatic heterocycles. The SMILES string of the molecule is C=C(C(=O)OC)[C@@]1(O)C(=O)N(C)c2cc(Br)ccc21. The van der Waals surface area contributed by atoms with Crippen molar-refractivity contribution in [2.24, 2.45) is 0 Å². The summed E-state index contributed by atoms with van der Waals surface area (Å²) in [5.74, 6) is -1.45. The van der Waals surface area contributed by atoms with Gasteiger partial charge in [-0.3, -0.25) is 4.79 Å². The summed E-state index contributed by atoms with van der Waals surface area (Å²) in [6.07, 6.45) is 0. The molecule has 1 atom stereocenters. The first-order chi connectivity index (χ1) is 8.83. The third-order valence-electron chi connectivity index (χ3n) is 3.19. The number of rotatable bonds is 2. The van der Waals surface area contributed by atoms with Crippen LogP contribution < -0.4 is 4.90 Å². The van der Waals surface area contributed by atoms with Gasteiger partial charge in [0.15, 0.2) is 0 Å². The fraction of sp³-hybridized carbons (Fsp3) is 0.231. The van der Waals surface area contributed by atoms with Crippen molar-refractivity contribution in [2.75, 3.05) is 19.1 Å².